The van der Waals surface area contributed by atoms with Gasteiger partial charge in [0.15, 0.2) is 5.65 Å². The van der Waals surface area contributed by atoms with E-state index in [-0.39, 0.29) is 5.69 Å². The maximum absolute atomic E-state index is 12.7. The van der Waals surface area contributed by atoms with Gasteiger partial charge in [-0.15, -0.1) is 5.10 Å². The number of rotatable bonds is 2. The zero-order chi connectivity index (χ0) is 15.8. The fourth-order valence-electron chi connectivity index (χ4n) is 2.63. The lowest BCUT2D eigenvalue weighted by Gasteiger charge is -2.03. The van der Waals surface area contributed by atoms with Crippen LogP contribution in [0.1, 0.15) is 5.69 Å². The average molecular weight is 303 g/mol. The predicted octanol–water partition coefficient (Wildman–Crippen LogP) is 2.25. The van der Waals surface area contributed by atoms with Crippen LogP contribution in [0.3, 0.4) is 0 Å². The van der Waals surface area contributed by atoms with Crippen LogP contribution in [0.4, 0.5) is 0 Å². The van der Waals surface area contributed by atoms with Crippen LogP contribution >= 0.6 is 0 Å². The molecular weight excluding hydrogens is 290 g/mol. The minimum atomic E-state index is -0.341. The Balaban J connectivity index is 1.99. The Morgan fingerprint density at radius 3 is 2.26 bits per heavy atom. The van der Waals surface area contributed by atoms with E-state index in [9.17, 15) is 4.79 Å². The fourth-order valence-corrected chi connectivity index (χ4v) is 2.63. The minimum absolute atomic E-state index is 0.341. The highest BCUT2D eigenvalue weighted by atomic mass is 16.2. The number of nitrogens with zero attached hydrogens (tertiary/aromatic N) is 5. The molecule has 2 heterocycles. The van der Waals surface area contributed by atoms with Crippen molar-refractivity contribution in [2.45, 2.75) is 6.92 Å². The summed E-state index contributed by atoms with van der Waals surface area (Å²) in [5.74, 6) is 0. The Morgan fingerprint density at radius 2 is 1.57 bits per heavy atom. The van der Waals surface area contributed by atoms with E-state index in [1.54, 1.807) is 12.1 Å². The van der Waals surface area contributed by atoms with E-state index in [4.69, 9.17) is 0 Å². The molecule has 6 nitrogen and oxygen atoms in total. The van der Waals surface area contributed by atoms with Crippen LogP contribution in [0.15, 0.2) is 65.5 Å². The smallest absolute Gasteiger partial charge is 0.243 e. The van der Waals surface area contributed by atoms with Gasteiger partial charge in [0.05, 0.1) is 16.9 Å². The van der Waals surface area contributed by atoms with Crippen molar-refractivity contribution in [2.24, 2.45) is 0 Å². The van der Waals surface area contributed by atoms with E-state index in [1.165, 1.54) is 9.20 Å². The van der Waals surface area contributed by atoms with Crippen molar-refractivity contribution in [1.29, 1.82) is 0 Å². The van der Waals surface area contributed by atoms with E-state index in [0.29, 0.717) is 11.3 Å². The number of fused-ring (bicyclic) bond motifs is 1. The molecule has 0 atom stereocenters. The Bertz CT molecular complexity index is 1040. The first-order valence-electron chi connectivity index (χ1n) is 7.22. The van der Waals surface area contributed by atoms with Crippen molar-refractivity contribution in [2.75, 3.05) is 0 Å². The van der Waals surface area contributed by atoms with Gasteiger partial charge in [0.1, 0.15) is 0 Å². The van der Waals surface area contributed by atoms with Crippen molar-refractivity contribution in [3.8, 4) is 16.8 Å². The summed E-state index contributed by atoms with van der Waals surface area (Å²) in [7, 11) is 0. The maximum Gasteiger partial charge on any atom is 0.373 e. The molecule has 6 heteroatoms. The number of aryl methyl sites for hydroxylation is 1. The fraction of sp³-hybridized carbons (Fsp3) is 0.0588. The van der Waals surface area contributed by atoms with E-state index >= 15 is 0 Å². The monoisotopic (exact) mass is 303 g/mol. The van der Waals surface area contributed by atoms with E-state index in [0.717, 1.165) is 16.8 Å². The van der Waals surface area contributed by atoms with Crippen molar-refractivity contribution in [1.82, 2.24) is 24.6 Å². The standard InChI is InChI=1S/C17H13N5O/c1-12-15(13-8-4-2-5-9-13)16-18-20-21(17(23)22(16)19-12)14-10-6-3-7-11-14/h2-11H,1H3. The summed E-state index contributed by atoms with van der Waals surface area (Å²) in [6, 6.07) is 18.9. The summed E-state index contributed by atoms with van der Waals surface area (Å²) in [4.78, 5) is 12.7. The van der Waals surface area contributed by atoms with Gasteiger partial charge in [-0.2, -0.15) is 14.3 Å². The molecule has 0 bridgehead atoms. The lowest BCUT2D eigenvalue weighted by molar-refractivity contribution is 0.648. The Hall–Kier alpha value is -3.28. The SMILES string of the molecule is Cc1nn2c(=O)n(-c3ccccc3)nnc2c1-c1ccccc1. The molecule has 112 valence electrons. The predicted molar refractivity (Wildman–Crippen MR) is 86.6 cm³/mol. The molecule has 23 heavy (non-hydrogen) atoms. The molecule has 0 aliphatic heterocycles. The van der Waals surface area contributed by atoms with Gasteiger partial charge < -0.3 is 0 Å². The summed E-state index contributed by atoms with van der Waals surface area (Å²) in [5.41, 5.74) is 3.31. The average Bonchev–Trinajstić information content (AvgIpc) is 2.94. The molecule has 2 aromatic heterocycles. The van der Waals surface area contributed by atoms with Gasteiger partial charge in [0.2, 0.25) is 0 Å². The van der Waals surface area contributed by atoms with Crippen LogP contribution in [0.2, 0.25) is 0 Å². The number of benzene rings is 2. The zero-order valence-electron chi connectivity index (χ0n) is 12.4. The molecular formula is C17H13N5O. The lowest BCUT2D eigenvalue weighted by Crippen LogP contribution is -2.29. The molecule has 0 aliphatic carbocycles. The number of hydrogen-bond donors (Lipinski definition) is 0. The van der Waals surface area contributed by atoms with Crippen molar-refractivity contribution < 1.29 is 0 Å². The van der Waals surface area contributed by atoms with Crippen molar-refractivity contribution in [3.05, 3.63) is 76.8 Å². The normalized spacial score (nSPS) is 11.0. The van der Waals surface area contributed by atoms with Crippen LogP contribution in [-0.2, 0) is 0 Å². The van der Waals surface area contributed by atoms with E-state index in [1.807, 2.05) is 55.5 Å². The molecule has 0 saturated carbocycles. The van der Waals surface area contributed by atoms with Crippen LogP contribution in [-0.4, -0.2) is 24.6 Å². The first-order chi connectivity index (χ1) is 11.3. The maximum atomic E-state index is 12.7. The number of para-hydroxylation sites is 1. The largest absolute Gasteiger partial charge is 0.373 e. The Labute approximate surface area is 131 Å². The van der Waals surface area contributed by atoms with Gasteiger partial charge in [0.25, 0.3) is 0 Å². The molecule has 0 radical (unpaired) electrons. The van der Waals surface area contributed by atoms with E-state index in [2.05, 4.69) is 15.4 Å². The third-order valence-electron chi connectivity index (χ3n) is 3.69. The molecule has 0 amide bonds. The van der Waals surface area contributed by atoms with Gasteiger partial charge in [-0.1, -0.05) is 53.7 Å². The van der Waals surface area contributed by atoms with Crippen molar-refractivity contribution in [3.63, 3.8) is 0 Å². The zero-order valence-corrected chi connectivity index (χ0v) is 12.4. The molecule has 0 N–H and O–H groups in total. The highest BCUT2D eigenvalue weighted by molar-refractivity contribution is 5.79. The molecule has 0 fully saturated rings. The second-order valence-electron chi connectivity index (χ2n) is 5.18. The second kappa shape index (κ2) is 5.17. The third-order valence-corrected chi connectivity index (χ3v) is 3.69. The van der Waals surface area contributed by atoms with Crippen LogP contribution < -0.4 is 5.69 Å². The molecule has 0 spiro atoms. The third kappa shape index (κ3) is 2.12. The molecule has 4 aromatic rings. The molecule has 2 aromatic carbocycles. The van der Waals surface area contributed by atoms with Gasteiger partial charge in [-0.3, -0.25) is 0 Å². The number of aromatic nitrogens is 5. The quantitative estimate of drug-likeness (QED) is 0.570. The topological polar surface area (TPSA) is 65.1 Å². The summed E-state index contributed by atoms with van der Waals surface area (Å²) < 4.78 is 2.55. The first kappa shape index (κ1) is 13.4. The summed E-state index contributed by atoms with van der Waals surface area (Å²) in [6.07, 6.45) is 0. The first-order valence-corrected chi connectivity index (χ1v) is 7.22. The summed E-state index contributed by atoms with van der Waals surface area (Å²) >= 11 is 0. The molecule has 0 saturated heterocycles. The van der Waals surface area contributed by atoms with Crippen LogP contribution in [0.5, 0.6) is 0 Å². The van der Waals surface area contributed by atoms with Gasteiger partial charge >= 0.3 is 5.69 Å². The van der Waals surface area contributed by atoms with E-state index < -0.39 is 0 Å². The molecule has 0 unspecified atom stereocenters. The van der Waals surface area contributed by atoms with Gasteiger partial charge in [0, 0.05) is 0 Å². The van der Waals surface area contributed by atoms with Crippen LogP contribution in [0, 0.1) is 6.92 Å². The van der Waals surface area contributed by atoms with Gasteiger partial charge in [-0.05, 0) is 24.6 Å². The highest BCUT2D eigenvalue weighted by Crippen LogP contribution is 2.25. The van der Waals surface area contributed by atoms with Crippen molar-refractivity contribution >= 4 is 5.65 Å². The molecule has 0 aliphatic rings. The summed E-state index contributed by atoms with van der Waals surface area (Å²) in [6.45, 7) is 1.86. The Kier molecular flexibility index (Phi) is 3.01. The molecule has 4 rings (SSSR count). The number of hydrogen-bond acceptors (Lipinski definition) is 4. The van der Waals surface area contributed by atoms with Crippen LogP contribution in [0.25, 0.3) is 22.5 Å². The minimum Gasteiger partial charge on any atom is -0.243 e. The Morgan fingerprint density at radius 1 is 0.913 bits per heavy atom. The second-order valence-corrected chi connectivity index (χ2v) is 5.18. The highest BCUT2D eigenvalue weighted by Gasteiger charge is 2.16. The lowest BCUT2D eigenvalue weighted by atomic mass is 10.1. The summed E-state index contributed by atoms with van der Waals surface area (Å²) in [5, 5.41) is 12.7. The van der Waals surface area contributed by atoms with Gasteiger partial charge in [-0.25, -0.2) is 4.79 Å².